The van der Waals surface area contributed by atoms with Crippen molar-refractivity contribution < 1.29 is 19.5 Å². The molecule has 1 aromatic carbocycles. The summed E-state index contributed by atoms with van der Waals surface area (Å²) in [5, 5.41) is 8.70. The molecule has 0 radical (unpaired) electrons. The maximum Gasteiger partial charge on any atom is 0.335 e. The molecular formula is C12H12O4. The van der Waals surface area contributed by atoms with Gasteiger partial charge in [-0.25, -0.2) is 4.79 Å². The monoisotopic (exact) mass is 220 g/mol. The highest BCUT2D eigenvalue weighted by Crippen LogP contribution is 2.18. The van der Waals surface area contributed by atoms with E-state index in [2.05, 4.69) is 0 Å². The van der Waals surface area contributed by atoms with E-state index in [9.17, 15) is 14.4 Å². The molecule has 16 heavy (non-hydrogen) atoms. The summed E-state index contributed by atoms with van der Waals surface area (Å²) >= 11 is 0. The summed E-state index contributed by atoms with van der Waals surface area (Å²) in [6.07, 6.45) is 0. The first-order chi connectivity index (χ1) is 7.43. The van der Waals surface area contributed by atoms with Gasteiger partial charge >= 0.3 is 5.97 Å². The minimum absolute atomic E-state index is 0.134. The van der Waals surface area contributed by atoms with Crippen molar-refractivity contribution in [3.8, 4) is 0 Å². The topological polar surface area (TPSA) is 71.4 Å². The predicted octanol–water partition coefficient (Wildman–Crippen LogP) is 1.65. The summed E-state index contributed by atoms with van der Waals surface area (Å²) in [6, 6.07) is 5.76. The Labute approximate surface area is 92.9 Å². The van der Waals surface area contributed by atoms with Gasteiger partial charge < -0.3 is 5.11 Å². The first-order valence-electron chi connectivity index (χ1n) is 4.77. The van der Waals surface area contributed by atoms with Crippen molar-refractivity contribution in [1.82, 2.24) is 0 Å². The Morgan fingerprint density at radius 2 is 1.44 bits per heavy atom. The van der Waals surface area contributed by atoms with Gasteiger partial charge in [0, 0.05) is 0 Å². The third-order valence-corrected chi connectivity index (χ3v) is 2.30. The fraction of sp³-hybridized carbons (Fsp3) is 0.250. The molecule has 0 heterocycles. The number of aromatic carboxylic acids is 1. The van der Waals surface area contributed by atoms with Crippen LogP contribution < -0.4 is 0 Å². The van der Waals surface area contributed by atoms with Crippen molar-refractivity contribution in [1.29, 1.82) is 0 Å². The lowest BCUT2D eigenvalue weighted by molar-refractivity contribution is -0.126. The fourth-order valence-electron chi connectivity index (χ4n) is 1.57. The third-order valence-electron chi connectivity index (χ3n) is 2.30. The maximum atomic E-state index is 11.3. The van der Waals surface area contributed by atoms with E-state index in [1.165, 1.54) is 38.1 Å². The number of hydrogen-bond donors (Lipinski definition) is 1. The van der Waals surface area contributed by atoms with Gasteiger partial charge in [-0.15, -0.1) is 0 Å². The van der Waals surface area contributed by atoms with Crippen molar-refractivity contribution >= 4 is 17.5 Å². The van der Waals surface area contributed by atoms with E-state index in [0.717, 1.165) is 0 Å². The Morgan fingerprint density at radius 1 is 1.00 bits per heavy atom. The summed E-state index contributed by atoms with van der Waals surface area (Å²) in [6.45, 7) is 2.69. The number of hydrogen-bond acceptors (Lipinski definition) is 3. The zero-order valence-electron chi connectivity index (χ0n) is 9.06. The number of carboxylic acids is 1. The van der Waals surface area contributed by atoms with Gasteiger partial charge in [-0.1, -0.05) is 12.1 Å². The fourth-order valence-corrected chi connectivity index (χ4v) is 1.57. The van der Waals surface area contributed by atoms with Crippen LogP contribution in [0.3, 0.4) is 0 Å². The molecule has 84 valence electrons. The summed E-state index contributed by atoms with van der Waals surface area (Å²) in [7, 11) is 0. The highest BCUT2D eigenvalue weighted by molar-refractivity contribution is 6.05. The Morgan fingerprint density at radius 3 is 1.75 bits per heavy atom. The van der Waals surface area contributed by atoms with Gasteiger partial charge in [-0.2, -0.15) is 0 Å². The Bertz CT molecular complexity index is 417. The van der Waals surface area contributed by atoms with E-state index < -0.39 is 11.9 Å². The molecule has 0 saturated carbocycles. The minimum Gasteiger partial charge on any atom is -0.478 e. The van der Waals surface area contributed by atoms with Crippen LogP contribution in [0.15, 0.2) is 24.3 Å². The molecule has 0 bridgehead atoms. The summed E-state index contributed by atoms with van der Waals surface area (Å²) in [5.74, 6) is -2.30. The van der Waals surface area contributed by atoms with Crippen molar-refractivity contribution in [3.63, 3.8) is 0 Å². The maximum absolute atomic E-state index is 11.3. The normalized spacial score (nSPS) is 10.2. The van der Waals surface area contributed by atoms with Crippen LogP contribution >= 0.6 is 0 Å². The number of benzene rings is 1. The molecule has 0 saturated heterocycles. The van der Waals surface area contributed by atoms with E-state index in [4.69, 9.17) is 5.11 Å². The molecule has 1 rings (SSSR count). The lowest BCUT2D eigenvalue weighted by Gasteiger charge is -2.10. The van der Waals surface area contributed by atoms with E-state index in [-0.39, 0.29) is 17.1 Å². The quantitative estimate of drug-likeness (QED) is 0.783. The van der Waals surface area contributed by atoms with Crippen LogP contribution in [-0.4, -0.2) is 22.6 Å². The lowest BCUT2D eigenvalue weighted by atomic mass is 9.91. The van der Waals surface area contributed by atoms with Gasteiger partial charge in [0.1, 0.15) is 17.5 Å². The van der Waals surface area contributed by atoms with Crippen LogP contribution in [0.1, 0.15) is 35.7 Å². The third kappa shape index (κ3) is 2.53. The van der Waals surface area contributed by atoms with E-state index in [1.54, 1.807) is 0 Å². The second-order valence-electron chi connectivity index (χ2n) is 3.58. The van der Waals surface area contributed by atoms with Crippen LogP contribution in [0, 0.1) is 0 Å². The Kier molecular flexibility index (Phi) is 3.55. The molecule has 0 aromatic heterocycles. The van der Waals surface area contributed by atoms with Gasteiger partial charge in [0.15, 0.2) is 0 Å². The first kappa shape index (κ1) is 12.1. The molecule has 0 aliphatic carbocycles. The molecule has 0 aliphatic heterocycles. The summed E-state index contributed by atoms with van der Waals surface area (Å²) in [4.78, 5) is 33.2. The smallest absolute Gasteiger partial charge is 0.335 e. The molecule has 0 amide bonds. The number of carboxylic acid groups (broad SMARTS) is 1. The van der Waals surface area contributed by atoms with Crippen molar-refractivity contribution in [2.45, 2.75) is 19.8 Å². The van der Waals surface area contributed by atoms with Crippen molar-refractivity contribution in [3.05, 3.63) is 35.4 Å². The highest BCUT2D eigenvalue weighted by Gasteiger charge is 2.21. The van der Waals surface area contributed by atoms with Crippen LogP contribution in [-0.2, 0) is 9.59 Å². The number of rotatable bonds is 4. The van der Waals surface area contributed by atoms with Crippen LogP contribution in [0.2, 0.25) is 0 Å². The van der Waals surface area contributed by atoms with Gasteiger partial charge in [0.25, 0.3) is 0 Å². The number of Topliss-reactive ketones (excluding diaryl/α,β-unsaturated/α-hetero) is 2. The predicted molar refractivity (Wildman–Crippen MR) is 57.5 cm³/mol. The zero-order chi connectivity index (χ0) is 12.3. The molecule has 1 N–H and O–H groups in total. The van der Waals surface area contributed by atoms with Gasteiger partial charge in [0.05, 0.1) is 5.56 Å². The largest absolute Gasteiger partial charge is 0.478 e. The van der Waals surface area contributed by atoms with Gasteiger partial charge in [0.2, 0.25) is 0 Å². The standard InChI is InChI=1S/C12H12O4/c1-7(13)11(8(2)14)9-3-5-10(6-4-9)12(15)16/h3-6,11H,1-2H3,(H,15,16). The highest BCUT2D eigenvalue weighted by atomic mass is 16.4. The second kappa shape index (κ2) is 4.70. The molecule has 4 heteroatoms. The van der Waals surface area contributed by atoms with E-state index >= 15 is 0 Å². The lowest BCUT2D eigenvalue weighted by Crippen LogP contribution is -2.17. The average Bonchev–Trinajstić information content (AvgIpc) is 2.17. The molecule has 0 spiro atoms. The minimum atomic E-state index is -1.03. The van der Waals surface area contributed by atoms with Gasteiger partial charge in [-0.3, -0.25) is 9.59 Å². The van der Waals surface area contributed by atoms with E-state index in [0.29, 0.717) is 5.56 Å². The van der Waals surface area contributed by atoms with Gasteiger partial charge in [-0.05, 0) is 31.5 Å². The zero-order valence-corrected chi connectivity index (χ0v) is 9.06. The van der Waals surface area contributed by atoms with Crippen LogP contribution in [0.4, 0.5) is 0 Å². The number of ketones is 2. The SMILES string of the molecule is CC(=O)C(C(C)=O)c1ccc(C(=O)O)cc1. The van der Waals surface area contributed by atoms with Crippen molar-refractivity contribution in [2.24, 2.45) is 0 Å². The summed E-state index contributed by atoms with van der Waals surface area (Å²) < 4.78 is 0. The second-order valence-corrected chi connectivity index (χ2v) is 3.58. The molecule has 0 aliphatic rings. The average molecular weight is 220 g/mol. The first-order valence-corrected chi connectivity index (χ1v) is 4.77. The number of carbonyl (C=O) groups excluding carboxylic acids is 2. The molecule has 0 atom stereocenters. The molecule has 0 unspecified atom stereocenters. The number of carbonyl (C=O) groups is 3. The van der Waals surface area contributed by atoms with Crippen LogP contribution in [0.25, 0.3) is 0 Å². The molecular weight excluding hydrogens is 208 g/mol. The Balaban J connectivity index is 3.08. The molecule has 4 nitrogen and oxygen atoms in total. The molecule has 1 aromatic rings. The summed E-state index contributed by atoms with van der Waals surface area (Å²) in [5.41, 5.74) is 0.666. The molecule has 0 fully saturated rings. The Hall–Kier alpha value is -1.97. The van der Waals surface area contributed by atoms with E-state index in [1.807, 2.05) is 0 Å². The van der Waals surface area contributed by atoms with Crippen molar-refractivity contribution in [2.75, 3.05) is 0 Å². The van der Waals surface area contributed by atoms with Crippen LogP contribution in [0.5, 0.6) is 0 Å².